The molecule has 2 aliphatic rings. The van der Waals surface area contributed by atoms with Gasteiger partial charge in [-0.3, -0.25) is 0 Å². The second-order valence-electron chi connectivity index (χ2n) is 6.72. The van der Waals surface area contributed by atoms with E-state index in [2.05, 4.69) is 13.8 Å². The Morgan fingerprint density at radius 1 is 1.22 bits per heavy atom. The molecule has 3 heteroatoms. The van der Waals surface area contributed by atoms with Crippen LogP contribution in [0, 0.1) is 23.2 Å². The second kappa shape index (κ2) is 6.15. The van der Waals surface area contributed by atoms with Crippen LogP contribution in [0.3, 0.4) is 0 Å². The van der Waals surface area contributed by atoms with Gasteiger partial charge in [0.1, 0.15) is 0 Å². The van der Waals surface area contributed by atoms with Crippen molar-refractivity contribution in [1.29, 1.82) is 0 Å². The number of hydrogen-bond acceptors (Lipinski definition) is 3. The van der Waals surface area contributed by atoms with Crippen LogP contribution in [0.15, 0.2) is 0 Å². The first-order chi connectivity index (χ1) is 8.59. The van der Waals surface area contributed by atoms with E-state index in [0.717, 1.165) is 30.4 Å². The van der Waals surface area contributed by atoms with E-state index in [1.807, 2.05) is 11.8 Å². The van der Waals surface area contributed by atoms with Gasteiger partial charge >= 0.3 is 0 Å². The van der Waals surface area contributed by atoms with Gasteiger partial charge in [0.15, 0.2) is 0 Å². The first kappa shape index (κ1) is 14.7. The topological polar surface area (TPSA) is 46.2 Å². The summed E-state index contributed by atoms with van der Waals surface area (Å²) in [5, 5.41) is 10.8. The minimum Gasteiger partial charge on any atom is -0.392 e. The van der Waals surface area contributed by atoms with Gasteiger partial charge in [-0.2, -0.15) is 11.8 Å². The maximum Gasteiger partial charge on any atom is 0.0644 e. The quantitative estimate of drug-likeness (QED) is 0.826. The summed E-state index contributed by atoms with van der Waals surface area (Å²) in [6.07, 6.45) is 5.80. The Hall–Kier alpha value is 0.270. The van der Waals surface area contributed by atoms with E-state index in [0.29, 0.717) is 12.5 Å². The summed E-state index contributed by atoms with van der Waals surface area (Å²) in [4.78, 5) is 0. The highest BCUT2D eigenvalue weighted by atomic mass is 32.2. The lowest BCUT2D eigenvalue weighted by atomic mass is 9.63. The fraction of sp³-hybridized carbons (Fsp3) is 1.00. The Kier molecular flexibility index (Phi) is 5.01. The van der Waals surface area contributed by atoms with Crippen LogP contribution in [0.25, 0.3) is 0 Å². The van der Waals surface area contributed by atoms with E-state index in [-0.39, 0.29) is 11.5 Å². The Morgan fingerprint density at radius 3 is 2.33 bits per heavy atom. The van der Waals surface area contributed by atoms with E-state index < -0.39 is 0 Å². The van der Waals surface area contributed by atoms with E-state index in [1.165, 1.54) is 25.0 Å². The van der Waals surface area contributed by atoms with Gasteiger partial charge in [0.2, 0.25) is 0 Å². The van der Waals surface area contributed by atoms with Crippen LogP contribution in [0.4, 0.5) is 0 Å². The van der Waals surface area contributed by atoms with Gasteiger partial charge in [-0.15, -0.1) is 0 Å². The molecule has 106 valence electrons. The number of thioether (sulfide) groups is 1. The molecule has 2 nitrogen and oxygen atoms in total. The van der Waals surface area contributed by atoms with E-state index in [4.69, 9.17) is 5.73 Å². The van der Waals surface area contributed by atoms with Gasteiger partial charge in [-0.25, -0.2) is 0 Å². The normalized spacial score (nSPS) is 39.2. The van der Waals surface area contributed by atoms with Crippen molar-refractivity contribution < 1.29 is 5.11 Å². The van der Waals surface area contributed by atoms with Crippen LogP contribution in [0.2, 0.25) is 0 Å². The Balaban J connectivity index is 1.98. The number of hydrogen-bond donors (Lipinski definition) is 2. The summed E-state index contributed by atoms with van der Waals surface area (Å²) < 4.78 is 0. The summed E-state index contributed by atoms with van der Waals surface area (Å²) in [5.41, 5.74) is 6.09. The lowest BCUT2D eigenvalue weighted by Crippen LogP contribution is -2.48. The number of rotatable bonds is 4. The average molecular weight is 271 g/mol. The molecule has 0 aromatic heterocycles. The van der Waals surface area contributed by atoms with Crippen LogP contribution in [-0.4, -0.2) is 29.3 Å². The summed E-state index contributed by atoms with van der Waals surface area (Å²) in [7, 11) is 0. The largest absolute Gasteiger partial charge is 0.392 e. The van der Waals surface area contributed by atoms with Crippen molar-refractivity contribution in [3.8, 4) is 0 Å². The van der Waals surface area contributed by atoms with Crippen molar-refractivity contribution in [3.05, 3.63) is 0 Å². The van der Waals surface area contributed by atoms with Crippen LogP contribution >= 0.6 is 11.8 Å². The summed E-state index contributed by atoms with van der Waals surface area (Å²) in [5.74, 6) is 4.47. The smallest absolute Gasteiger partial charge is 0.0644 e. The molecule has 2 unspecified atom stereocenters. The molecule has 0 spiro atoms. The molecule has 1 saturated heterocycles. The van der Waals surface area contributed by atoms with Crippen LogP contribution in [0.5, 0.6) is 0 Å². The van der Waals surface area contributed by atoms with Gasteiger partial charge in [0.05, 0.1) is 6.10 Å². The molecule has 1 heterocycles. The molecule has 2 rings (SSSR count). The van der Waals surface area contributed by atoms with Crippen molar-refractivity contribution >= 4 is 11.8 Å². The number of aliphatic hydroxyl groups excluding tert-OH is 1. The van der Waals surface area contributed by atoms with Crippen molar-refractivity contribution in [3.63, 3.8) is 0 Å². The zero-order chi connectivity index (χ0) is 13.2. The van der Waals surface area contributed by atoms with E-state index >= 15 is 0 Å². The summed E-state index contributed by atoms with van der Waals surface area (Å²) >= 11 is 1.99. The highest BCUT2D eigenvalue weighted by Crippen LogP contribution is 2.46. The van der Waals surface area contributed by atoms with Gasteiger partial charge in [-0.05, 0) is 61.4 Å². The maximum atomic E-state index is 10.8. The third-order valence-electron chi connectivity index (χ3n) is 5.41. The monoisotopic (exact) mass is 271 g/mol. The maximum absolute atomic E-state index is 10.8. The van der Waals surface area contributed by atoms with Crippen molar-refractivity contribution in [2.45, 2.75) is 52.1 Å². The lowest BCUT2D eigenvalue weighted by molar-refractivity contribution is -0.0417. The third kappa shape index (κ3) is 2.88. The fourth-order valence-electron chi connectivity index (χ4n) is 3.80. The Bertz CT molecular complexity index is 255. The van der Waals surface area contributed by atoms with Crippen LogP contribution in [-0.2, 0) is 0 Å². The molecule has 0 amide bonds. The second-order valence-corrected chi connectivity index (χ2v) is 7.87. The molecular formula is C15H29NOS. The molecule has 0 aromatic rings. The predicted molar refractivity (Wildman–Crippen MR) is 79.7 cm³/mol. The van der Waals surface area contributed by atoms with Gasteiger partial charge in [0.25, 0.3) is 0 Å². The van der Waals surface area contributed by atoms with Crippen molar-refractivity contribution in [1.82, 2.24) is 0 Å². The highest BCUT2D eigenvalue weighted by molar-refractivity contribution is 7.99. The van der Waals surface area contributed by atoms with Gasteiger partial charge < -0.3 is 10.8 Å². The summed E-state index contributed by atoms with van der Waals surface area (Å²) in [6.45, 7) is 5.31. The standard InChI is InChI=1S/C15H29NOS/c1-11(2)12-3-6-15(10-16,7-4-12)14(17)13-5-8-18-9-13/h11-14,17H,3-10,16H2,1-2H3. The molecule has 0 bridgehead atoms. The van der Waals surface area contributed by atoms with Crippen LogP contribution < -0.4 is 5.73 Å². The molecule has 2 atom stereocenters. The average Bonchev–Trinajstić information content (AvgIpc) is 2.91. The zero-order valence-corrected chi connectivity index (χ0v) is 12.7. The molecular weight excluding hydrogens is 242 g/mol. The predicted octanol–water partition coefficient (Wildman–Crippen LogP) is 2.89. The Labute approximate surface area is 116 Å². The number of aliphatic hydroxyl groups is 1. The van der Waals surface area contributed by atoms with Crippen molar-refractivity contribution in [2.75, 3.05) is 18.1 Å². The Morgan fingerprint density at radius 2 is 1.89 bits per heavy atom. The molecule has 1 aliphatic heterocycles. The molecule has 1 aliphatic carbocycles. The lowest BCUT2D eigenvalue weighted by Gasteiger charge is -2.45. The molecule has 2 fully saturated rings. The van der Waals surface area contributed by atoms with E-state index in [9.17, 15) is 5.11 Å². The minimum absolute atomic E-state index is 0.0287. The molecule has 1 saturated carbocycles. The number of nitrogens with two attached hydrogens (primary N) is 1. The minimum atomic E-state index is -0.161. The van der Waals surface area contributed by atoms with Crippen molar-refractivity contribution in [2.24, 2.45) is 28.9 Å². The highest BCUT2D eigenvalue weighted by Gasteiger charge is 2.44. The van der Waals surface area contributed by atoms with Gasteiger partial charge in [0, 0.05) is 12.0 Å². The van der Waals surface area contributed by atoms with E-state index in [1.54, 1.807) is 0 Å². The first-order valence-corrected chi connectivity index (χ1v) is 8.70. The fourth-order valence-corrected chi connectivity index (χ4v) is 5.09. The zero-order valence-electron chi connectivity index (χ0n) is 11.9. The van der Waals surface area contributed by atoms with Gasteiger partial charge in [-0.1, -0.05) is 13.8 Å². The first-order valence-electron chi connectivity index (χ1n) is 7.55. The summed E-state index contributed by atoms with van der Waals surface area (Å²) in [6, 6.07) is 0. The van der Waals surface area contributed by atoms with Crippen LogP contribution in [0.1, 0.15) is 46.0 Å². The molecule has 3 N–H and O–H groups in total. The molecule has 0 radical (unpaired) electrons. The molecule has 0 aromatic carbocycles. The molecule has 18 heavy (non-hydrogen) atoms. The third-order valence-corrected chi connectivity index (χ3v) is 6.60. The SMILES string of the molecule is CC(C)C1CCC(CN)(C(O)C2CCSC2)CC1.